The standard InChI is InChI=1S/C12H22N2O3/c1-2-5-9(11(16)17)14-10(15)8-12(13)6-3-4-7-12/h9H,2-8,13H2,1H3,(H,14,15)(H,16,17). The normalized spacial score (nSPS) is 19.9. The van der Waals surface area contributed by atoms with Gasteiger partial charge in [-0.05, 0) is 19.3 Å². The highest BCUT2D eigenvalue weighted by atomic mass is 16.4. The van der Waals surface area contributed by atoms with Gasteiger partial charge in [0.25, 0.3) is 0 Å². The van der Waals surface area contributed by atoms with Crippen molar-refractivity contribution in [3.8, 4) is 0 Å². The van der Waals surface area contributed by atoms with Crippen molar-refractivity contribution in [2.24, 2.45) is 5.73 Å². The molecule has 0 aliphatic heterocycles. The molecule has 1 saturated carbocycles. The number of carbonyl (C=O) groups is 2. The topological polar surface area (TPSA) is 92.4 Å². The van der Waals surface area contributed by atoms with Crippen LogP contribution >= 0.6 is 0 Å². The van der Waals surface area contributed by atoms with Gasteiger partial charge in [0.1, 0.15) is 6.04 Å². The Morgan fingerprint density at radius 1 is 1.41 bits per heavy atom. The molecule has 0 aromatic rings. The highest BCUT2D eigenvalue weighted by molar-refractivity contribution is 5.84. The van der Waals surface area contributed by atoms with E-state index in [4.69, 9.17) is 10.8 Å². The third-order valence-electron chi connectivity index (χ3n) is 3.32. The molecule has 1 rings (SSSR count). The molecule has 1 unspecified atom stereocenters. The molecule has 1 aliphatic carbocycles. The number of nitrogens with one attached hydrogen (secondary N) is 1. The van der Waals surface area contributed by atoms with E-state index in [0.717, 1.165) is 32.1 Å². The third-order valence-corrected chi connectivity index (χ3v) is 3.32. The maximum atomic E-state index is 11.7. The van der Waals surface area contributed by atoms with Gasteiger partial charge in [0, 0.05) is 12.0 Å². The molecule has 1 fully saturated rings. The largest absolute Gasteiger partial charge is 0.480 e. The number of carboxylic acids is 1. The summed E-state index contributed by atoms with van der Waals surface area (Å²) in [5.74, 6) is -1.21. The quantitative estimate of drug-likeness (QED) is 0.648. The Morgan fingerprint density at radius 2 is 2.00 bits per heavy atom. The molecule has 0 radical (unpaired) electrons. The number of carbonyl (C=O) groups excluding carboxylic acids is 1. The maximum Gasteiger partial charge on any atom is 0.326 e. The lowest BCUT2D eigenvalue weighted by Gasteiger charge is -2.23. The van der Waals surface area contributed by atoms with Crippen LogP contribution in [0.15, 0.2) is 0 Å². The molecular weight excluding hydrogens is 220 g/mol. The summed E-state index contributed by atoms with van der Waals surface area (Å²) in [4.78, 5) is 22.6. The average molecular weight is 242 g/mol. The van der Waals surface area contributed by atoms with E-state index in [-0.39, 0.29) is 12.3 Å². The number of nitrogens with two attached hydrogens (primary N) is 1. The first kappa shape index (κ1) is 14.0. The smallest absolute Gasteiger partial charge is 0.326 e. The van der Waals surface area contributed by atoms with Gasteiger partial charge >= 0.3 is 5.97 Å². The van der Waals surface area contributed by atoms with Crippen LogP contribution in [0.2, 0.25) is 0 Å². The molecule has 1 aliphatic rings. The van der Waals surface area contributed by atoms with Gasteiger partial charge in [-0.1, -0.05) is 26.2 Å². The number of rotatable bonds is 6. The molecule has 4 N–H and O–H groups in total. The van der Waals surface area contributed by atoms with E-state index in [0.29, 0.717) is 6.42 Å². The predicted octanol–water partition coefficient (Wildman–Crippen LogP) is 1.02. The summed E-state index contributed by atoms with van der Waals surface area (Å²) in [5.41, 5.74) is 5.66. The molecular formula is C12H22N2O3. The first-order valence-electron chi connectivity index (χ1n) is 6.28. The molecule has 0 aromatic carbocycles. The van der Waals surface area contributed by atoms with Crippen LogP contribution in [-0.4, -0.2) is 28.6 Å². The number of carboxylic acid groups (broad SMARTS) is 1. The number of amides is 1. The van der Waals surface area contributed by atoms with Gasteiger partial charge in [0.05, 0.1) is 0 Å². The monoisotopic (exact) mass is 242 g/mol. The Kier molecular flexibility index (Phi) is 4.93. The molecule has 0 spiro atoms. The zero-order chi connectivity index (χ0) is 12.9. The van der Waals surface area contributed by atoms with Crippen LogP contribution in [0, 0.1) is 0 Å². The molecule has 5 heteroatoms. The minimum absolute atomic E-state index is 0.237. The summed E-state index contributed by atoms with van der Waals surface area (Å²) in [5, 5.41) is 11.5. The van der Waals surface area contributed by atoms with Crippen LogP contribution < -0.4 is 11.1 Å². The summed E-state index contributed by atoms with van der Waals surface area (Å²) in [6, 6.07) is -0.780. The summed E-state index contributed by atoms with van der Waals surface area (Å²) in [6.45, 7) is 1.89. The van der Waals surface area contributed by atoms with E-state index in [9.17, 15) is 9.59 Å². The van der Waals surface area contributed by atoms with E-state index in [2.05, 4.69) is 5.32 Å². The summed E-state index contributed by atoms with van der Waals surface area (Å²) < 4.78 is 0. The average Bonchev–Trinajstić information content (AvgIpc) is 2.63. The van der Waals surface area contributed by atoms with Crippen molar-refractivity contribution >= 4 is 11.9 Å². The molecule has 17 heavy (non-hydrogen) atoms. The van der Waals surface area contributed by atoms with Crippen molar-refractivity contribution < 1.29 is 14.7 Å². The Morgan fingerprint density at radius 3 is 2.47 bits per heavy atom. The van der Waals surface area contributed by atoms with Crippen LogP contribution in [0.3, 0.4) is 0 Å². The molecule has 0 bridgehead atoms. The molecule has 0 aromatic heterocycles. The van der Waals surface area contributed by atoms with Crippen molar-refractivity contribution in [1.82, 2.24) is 5.32 Å². The lowest BCUT2D eigenvalue weighted by molar-refractivity contribution is -0.142. The SMILES string of the molecule is CCCC(NC(=O)CC1(N)CCCC1)C(=O)O. The van der Waals surface area contributed by atoms with E-state index >= 15 is 0 Å². The van der Waals surface area contributed by atoms with Gasteiger partial charge in [0.15, 0.2) is 0 Å². The molecule has 0 heterocycles. The van der Waals surface area contributed by atoms with Crippen molar-refractivity contribution in [2.75, 3.05) is 0 Å². The van der Waals surface area contributed by atoms with Gasteiger partial charge in [-0.3, -0.25) is 4.79 Å². The van der Waals surface area contributed by atoms with Crippen LogP contribution in [0.4, 0.5) is 0 Å². The first-order valence-corrected chi connectivity index (χ1v) is 6.28. The molecule has 1 amide bonds. The fourth-order valence-corrected chi connectivity index (χ4v) is 2.37. The Bertz CT molecular complexity index is 285. The second kappa shape index (κ2) is 6.00. The third kappa shape index (κ3) is 4.34. The maximum absolute atomic E-state index is 11.7. The van der Waals surface area contributed by atoms with E-state index in [1.807, 2.05) is 6.92 Å². The zero-order valence-electron chi connectivity index (χ0n) is 10.4. The van der Waals surface area contributed by atoms with E-state index in [1.165, 1.54) is 0 Å². The lowest BCUT2D eigenvalue weighted by Crippen LogP contribution is -2.46. The van der Waals surface area contributed by atoms with Crippen LogP contribution in [0.5, 0.6) is 0 Å². The molecule has 0 saturated heterocycles. The zero-order valence-corrected chi connectivity index (χ0v) is 10.4. The van der Waals surface area contributed by atoms with Gasteiger partial charge in [0.2, 0.25) is 5.91 Å². The van der Waals surface area contributed by atoms with Gasteiger partial charge in [-0.15, -0.1) is 0 Å². The van der Waals surface area contributed by atoms with E-state index in [1.54, 1.807) is 0 Å². The summed E-state index contributed by atoms with van der Waals surface area (Å²) in [6.07, 6.45) is 5.24. The summed E-state index contributed by atoms with van der Waals surface area (Å²) in [7, 11) is 0. The van der Waals surface area contributed by atoms with E-state index < -0.39 is 17.6 Å². The van der Waals surface area contributed by atoms with Crippen molar-refractivity contribution in [1.29, 1.82) is 0 Å². The number of hydrogen-bond acceptors (Lipinski definition) is 3. The highest BCUT2D eigenvalue weighted by Crippen LogP contribution is 2.29. The first-order chi connectivity index (χ1) is 7.97. The molecule has 98 valence electrons. The van der Waals surface area contributed by atoms with Crippen LogP contribution in [-0.2, 0) is 9.59 Å². The van der Waals surface area contributed by atoms with Gasteiger partial charge in [-0.2, -0.15) is 0 Å². The molecule has 5 nitrogen and oxygen atoms in total. The lowest BCUT2D eigenvalue weighted by atomic mass is 9.94. The second-order valence-electron chi connectivity index (χ2n) is 4.99. The van der Waals surface area contributed by atoms with Crippen LogP contribution in [0.1, 0.15) is 51.9 Å². The Hall–Kier alpha value is -1.10. The fraction of sp³-hybridized carbons (Fsp3) is 0.833. The highest BCUT2D eigenvalue weighted by Gasteiger charge is 2.32. The van der Waals surface area contributed by atoms with Crippen LogP contribution in [0.25, 0.3) is 0 Å². The fourth-order valence-electron chi connectivity index (χ4n) is 2.37. The van der Waals surface area contributed by atoms with Gasteiger partial charge in [-0.25, -0.2) is 4.79 Å². The summed E-state index contributed by atoms with van der Waals surface area (Å²) >= 11 is 0. The Balaban J connectivity index is 2.44. The second-order valence-corrected chi connectivity index (χ2v) is 4.99. The number of hydrogen-bond donors (Lipinski definition) is 3. The van der Waals surface area contributed by atoms with Crippen molar-refractivity contribution in [2.45, 2.75) is 63.5 Å². The molecule has 1 atom stereocenters. The Labute approximate surface area is 102 Å². The van der Waals surface area contributed by atoms with Crippen molar-refractivity contribution in [3.63, 3.8) is 0 Å². The minimum atomic E-state index is -0.974. The predicted molar refractivity (Wildman–Crippen MR) is 64.5 cm³/mol. The van der Waals surface area contributed by atoms with Crippen molar-refractivity contribution in [3.05, 3.63) is 0 Å². The minimum Gasteiger partial charge on any atom is -0.480 e. The number of aliphatic carboxylic acids is 1. The van der Waals surface area contributed by atoms with Gasteiger partial charge < -0.3 is 16.2 Å².